The van der Waals surface area contributed by atoms with Crippen LogP contribution in [-0.4, -0.2) is 36.0 Å². The molecule has 1 fully saturated rings. The van der Waals surface area contributed by atoms with Crippen molar-refractivity contribution >= 4 is 17.2 Å². The summed E-state index contributed by atoms with van der Waals surface area (Å²) in [5, 5.41) is 5.49. The van der Waals surface area contributed by atoms with Gasteiger partial charge in [0, 0.05) is 24.4 Å². The van der Waals surface area contributed by atoms with Gasteiger partial charge in [0.1, 0.15) is 0 Å². The van der Waals surface area contributed by atoms with Crippen molar-refractivity contribution in [1.82, 2.24) is 10.2 Å². The molecule has 2 heterocycles. The topological polar surface area (TPSA) is 32.3 Å². The molecule has 2 atom stereocenters. The number of nitrogens with one attached hydrogen (secondary N) is 1. The lowest BCUT2D eigenvalue weighted by Gasteiger charge is -2.38. The van der Waals surface area contributed by atoms with Gasteiger partial charge in [-0.2, -0.15) is 0 Å². The molecule has 2 rings (SSSR count). The van der Waals surface area contributed by atoms with E-state index in [1.807, 2.05) is 18.9 Å². The Hall–Kier alpha value is -0.870. The lowest BCUT2D eigenvalue weighted by atomic mass is 9.89. The van der Waals surface area contributed by atoms with Crippen molar-refractivity contribution in [3.05, 3.63) is 22.4 Å². The number of thiophene rings is 1. The van der Waals surface area contributed by atoms with Gasteiger partial charge < -0.3 is 10.2 Å². The van der Waals surface area contributed by atoms with Gasteiger partial charge in [0.25, 0.3) is 0 Å². The Morgan fingerprint density at radius 1 is 1.58 bits per heavy atom. The third-order valence-corrected chi connectivity index (χ3v) is 5.05. The molecule has 1 saturated heterocycles. The van der Waals surface area contributed by atoms with Crippen LogP contribution in [0.4, 0.5) is 0 Å². The lowest BCUT2D eigenvalue weighted by Crippen LogP contribution is -2.58. The van der Waals surface area contributed by atoms with E-state index in [0.29, 0.717) is 0 Å². The van der Waals surface area contributed by atoms with Gasteiger partial charge in [0.15, 0.2) is 0 Å². The molecular formula is C15H24N2OS. The molecule has 0 spiro atoms. The number of rotatable bonds is 4. The van der Waals surface area contributed by atoms with E-state index in [-0.39, 0.29) is 17.5 Å². The number of hydrogen-bond acceptors (Lipinski definition) is 3. The van der Waals surface area contributed by atoms with Crippen molar-refractivity contribution in [3.63, 3.8) is 0 Å². The van der Waals surface area contributed by atoms with Crippen LogP contribution in [0.5, 0.6) is 0 Å². The first-order valence-electron chi connectivity index (χ1n) is 7.07. The van der Waals surface area contributed by atoms with Gasteiger partial charge in [-0.3, -0.25) is 4.79 Å². The zero-order valence-electron chi connectivity index (χ0n) is 12.1. The highest BCUT2D eigenvalue weighted by Gasteiger charge is 2.37. The summed E-state index contributed by atoms with van der Waals surface area (Å²) in [6.45, 7) is 5.13. The van der Waals surface area contributed by atoms with E-state index >= 15 is 0 Å². The third-order valence-electron chi connectivity index (χ3n) is 4.15. The zero-order valence-corrected chi connectivity index (χ0v) is 12.9. The summed E-state index contributed by atoms with van der Waals surface area (Å²) in [6.07, 6.45) is 4.21. The maximum Gasteiger partial charge on any atom is 0.242 e. The monoisotopic (exact) mass is 280 g/mol. The molecule has 3 nitrogen and oxygen atoms in total. The van der Waals surface area contributed by atoms with Crippen molar-refractivity contribution in [3.8, 4) is 0 Å². The van der Waals surface area contributed by atoms with E-state index in [4.69, 9.17) is 0 Å². The Bertz CT molecular complexity index is 410. The number of likely N-dealkylation sites (N-methyl/N-ethyl adjacent to an activating group) is 1. The SMILES string of the molecule is CC(Cc1cccs1)N(C)C(=O)C1(C)CCCCN1. The molecule has 0 bridgehead atoms. The molecule has 1 aromatic heterocycles. The molecule has 0 saturated carbocycles. The van der Waals surface area contributed by atoms with Crippen molar-refractivity contribution in [2.45, 2.75) is 51.1 Å². The summed E-state index contributed by atoms with van der Waals surface area (Å²) in [6, 6.07) is 4.45. The molecule has 0 aliphatic carbocycles. The molecule has 106 valence electrons. The summed E-state index contributed by atoms with van der Waals surface area (Å²) in [5.41, 5.74) is -0.364. The van der Waals surface area contributed by atoms with Gasteiger partial charge in [-0.1, -0.05) is 6.07 Å². The van der Waals surface area contributed by atoms with E-state index in [1.165, 1.54) is 11.3 Å². The standard InChI is InChI=1S/C15H24N2OS/c1-12(11-13-7-6-10-19-13)17(3)14(18)15(2)8-4-5-9-16-15/h6-7,10,12,16H,4-5,8-9,11H2,1-3H3. The van der Waals surface area contributed by atoms with Crippen molar-refractivity contribution in [1.29, 1.82) is 0 Å². The highest BCUT2D eigenvalue weighted by Crippen LogP contribution is 2.23. The Morgan fingerprint density at radius 3 is 2.95 bits per heavy atom. The molecule has 0 radical (unpaired) electrons. The van der Waals surface area contributed by atoms with Gasteiger partial charge in [-0.05, 0) is 51.1 Å². The number of amides is 1. The van der Waals surface area contributed by atoms with Gasteiger partial charge in [0.2, 0.25) is 5.91 Å². The van der Waals surface area contributed by atoms with E-state index in [9.17, 15) is 4.79 Å². The second-order valence-electron chi connectivity index (χ2n) is 5.76. The first-order valence-corrected chi connectivity index (χ1v) is 7.95. The smallest absolute Gasteiger partial charge is 0.242 e. The molecule has 19 heavy (non-hydrogen) atoms. The highest BCUT2D eigenvalue weighted by atomic mass is 32.1. The summed E-state index contributed by atoms with van der Waals surface area (Å²) in [5.74, 6) is 0.233. The third kappa shape index (κ3) is 3.37. The largest absolute Gasteiger partial charge is 0.341 e. The van der Waals surface area contributed by atoms with Gasteiger partial charge in [0.05, 0.1) is 5.54 Å². The number of nitrogens with zero attached hydrogens (tertiary/aromatic N) is 1. The first kappa shape index (κ1) is 14.5. The van der Waals surface area contributed by atoms with Crippen LogP contribution in [0.1, 0.15) is 38.0 Å². The van der Waals surface area contributed by atoms with Crippen molar-refractivity contribution in [2.24, 2.45) is 0 Å². The van der Waals surface area contributed by atoms with E-state index in [2.05, 4.69) is 29.8 Å². The summed E-state index contributed by atoms with van der Waals surface area (Å²) in [4.78, 5) is 15.9. The Morgan fingerprint density at radius 2 is 2.37 bits per heavy atom. The average molecular weight is 280 g/mol. The normalized spacial score (nSPS) is 25.0. The van der Waals surface area contributed by atoms with Crippen LogP contribution < -0.4 is 5.32 Å². The van der Waals surface area contributed by atoms with Gasteiger partial charge in [-0.25, -0.2) is 0 Å². The molecule has 1 N–H and O–H groups in total. The first-order chi connectivity index (χ1) is 9.03. The van der Waals surface area contributed by atoms with Crippen LogP contribution in [0.3, 0.4) is 0 Å². The summed E-state index contributed by atoms with van der Waals surface area (Å²) < 4.78 is 0. The zero-order chi connectivity index (χ0) is 13.9. The van der Waals surface area contributed by atoms with E-state index in [0.717, 1.165) is 25.8 Å². The van der Waals surface area contributed by atoms with E-state index in [1.54, 1.807) is 11.3 Å². The van der Waals surface area contributed by atoms with Crippen LogP contribution in [0.25, 0.3) is 0 Å². The molecule has 4 heteroatoms. The second-order valence-corrected chi connectivity index (χ2v) is 6.80. The van der Waals surface area contributed by atoms with Crippen LogP contribution in [-0.2, 0) is 11.2 Å². The maximum atomic E-state index is 12.7. The Labute approximate surface area is 120 Å². The van der Waals surface area contributed by atoms with Gasteiger partial charge >= 0.3 is 0 Å². The number of hydrogen-bond donors (Lipinski definition) is 1. The maximum absolute atomic E-state index is 12.7. The fraction of sp³-hybridized carbons (Fsp3) is 0.667. The van der Waals surface area contributed by atoms with Crippen LogP contribution in [0.15, 0.2) is 17.5 Å². The molecule has 1 aliphatic rings. The van der Waals surface area contributed by atoms with Gasteiger partial charge in [-0.15, -0.1) is 11.3 Å². The van der Waals surface area contributed by atoms with Crippen molar-refractivity contribution < 1.29 is 4.79 Å². The molecule has 2 unspecified atom stereocenters. The number of carbonyl (C=O) groups is 1. The van der Waals surface area contributed by atoms with E-state index < -0.39 is 0 Å². The molecular weight excluding hydrogens is 256 g/mol. The van der Waals surface area contributed by atoms with Crippen LogP contribution in [0, 0.1) is 0 Å². The second kappa shape index (κ2) is 6.06. The minimum atomic E-state index is -0.364. The van der Waals surface area contributed by atoms with Crippen LogP contribution in [0.2, 0.25) is 0 Å². The average Bonchev–Trinajstić information content (AvgIpc) is 2.90. The molecule has 1 amide bonds. The van der Waals surface area contributed by atoms with Crippen molar-refractivity contribution in [2.75, 3.05) is 13.6 Å². The predicted molar refractivity (Wildman–Crippen MR) is 80.5 cm³/mol. The molecule has 1 aromatic rings. The highest BCUT2D eigenvalue weighted by molar-refractivity contribution is 7.09. The number of carbonyl (C=O) groups excluding carboxylic acids is 1. The fourth-order valence-corrected chi connectivity index (χ4v) is 3.51. The minimum Gasteiger partial charge on any atom is -0.341 e. The molecule has 0 aromatic carbocycles. The minimum absolute atomic E-state index is 0.233. The Balaban J connectivity index is 1.97. The fourth-order valence-electron chi connectivity index (χ4n) is 2.68. The van der Waals surface area contributed by atoms with Crippen LogP contribution >= 0.6 is 11.3 Å². The summed E-state index contributed by atoms with van der Waals surface area (Å²) in [7, 11) is 1.93. The number of piperidine rings is 1. The quantitative estimate of drug-likeness (QED) is 0.919. The molecule has 1 aliphatic heterocycles. The summed E-state index contributed by atoms with van der Waals surface area (Å²) >= 11 is 1.76. The Kier molecular flexibility index (Phi) is 4.63. The lowest BCUT2D eigenvalue weighted by molar-refractivity contribution is -0.139. The predicted octanol–water partition coefficient (Wildman–Crippen LogP) is 2.67.